The van der Waals surface area contributed by atoms with Crippen LogP contribution in [0.1, 0.15) is 6.92 Å². The van der Waals surface area contributed by atoms with E-state index in [0.29, 0.717) is 6.54 Å². The van der Waals surface area contributed by atoms with Crippen molar-refractivity contribution >= 4 is 50.2 Å². The summed E-state index contributed by atoms with van der Waals surface area (Å²) in [6, 6.07) is 3.80. The predicted molar refractivity (Wildman–Crippen MR) is 84.4 cm³/mol. The second-order valence-corrected chi connectivity index (χ2v) is 4.99. The van der Waals surface area contributed by atoms with Gasteiger partial charge >= 0.3 is 0 Å². The third-order valence-corrected chi connectivity index (χ3v) is 3.66. The Bertz CT molecular complexity index is 786. The number of fused-ring (bicyclic) bond motifs is 3. The SMILES string of the molecule is CC#CC(CN)Nc1nc2c(ccc3ocnc32)s1.Cl. The van der Waals surface area contributed by atoms with Gasteiger partial charge in [0, 0.05) is 6.54 Å². The molecule has 20 heavy (non-hydrogen) atoms. The number of anilines is 1. The number of aromatic nitrogens is 2. The van der Waals surface area contributed by atoms with E-state index >= 15 is 0 Å². The number of nitrogens with zero attached hydrogens (tertiary/aromatic N) is 2. The summed E-state index contributed by atoms with van der Waals surface area (Å²) in [5.41, 5.74) is 8.03. The lowest BCUT2D eigenvalue weighted by atomic mass is 10.3. The van der Waals surface area contributed by atoms with Gasteiger partial charge in [-0.1, -0.05) is 17.3 Å². The molecule has 0 saturated carbocycles. The Morgan fingerprint density at radius 3 is 3.05 bits per heavy atom. The van der Waals surface area contributed by atoms with Gasteiger partial charge in [0.2, 0.25) is 0 Å². The predicted octanol–water partition coefficient (Wildman–Crippen LogP) is 2.62. The highest BCUT2D eigenvalue weighted by Gasteiger charge is 2.12. The number of nitrogens with two attached hydrogens (primary N) is 1. The Hall–Kier alpha value is -1.81. The monoisotopic (exact) mass is 308 g/mol. The lowest BCUT2D eigenvalue weighted by Crippen LogP contribution is -2.27. The van der Waals surface area contributed by atoms with E-state index in [2.05, 4.69) is 27.1 Å². The molecular weight excluding hydrogens is 296 g/mol. The van der Waals surface area contributed by atoms with E-state index in [1.54, 1.807) is 18.3 Å². The number of benzene rings is 1. The molecule has 0 radical (unpaired) electrons. The Morgan fingerprint density at radius 2 is 2.30 bits per heavy atom. The first-order valence-electron chi connectivity index (χ1n) is 5.83. The van der Waals surface area contributed by atoms with Gasteiger partial charge in [-0.3, -0.25) is 0 Å². The molecule has 0 spiro atoms. The molecule has 7 heteroatoms. The molecule has 0 aliphatic heterocycles. The molecule has 3 N–H and O–H groups in total. The smallest absolute Gasteiger partial charge is 0.184 e. The van der Waals surface area contributed by atoms with Gasteiger partial charge in [0.15, 0.2) is 17.1 Å². The summed E-state index contributed by atoms with van der Waals surface area (Å²) < 4.78 is 6.33. The Kier molecular flexibility index (Phi) is 4.45. The van der Waals surface area contributed by atoms with Crippen LogP contribution in [0.3, 0.4) is 0 Å². The van der Waals surface area contributed by atoms with Gasteiger partial charge in [0.1, 0.15) is 17.1 Å². The van der Waals surface area contributed by atoms with Crippen LogP contribution >= 0.6 is 23.7 Å². The molecule has 1 aromatic carbocycles. The molecule has 1 unspecified atom stereocenters. The molecule has 0 amide bonds. The van der Waals surface area contributed by atoms with Crippen molar-refractivity contribution in [2.45, 2.75) is 13.0 Å². The van der Waals surface area contributed by atoms with Crippen LogP contribution in [0.5, 0.6) is 0 Å². The minimum absolute atomic E-state index is 0. The summed E-state index contributed by atoms with van der Waals surface area (Å²) in [6.45, 7) is 2.23. The summed E-state index contributed by atoms with van der Waals surface area (Å²) in [6.07, 6.45) is 1.43. The second-order valence-electron chi connectivity index (χ2n) is 3.96. The number of halogens is 1. The number of rotatable bonds is 3. The van der Waals surface area contributed by atoms with Gasteiger partial charge in [-0.25, -0.2) is 9.97 Å². The fourth-order valence-corrected chi connectivity index (χ4v) is 2.78. The van der Waals surface area contributed by atoms with Crippen molar-refractivity contribution in [1.82, 2.24) is 9.97 Å². The van der Waals surface area contributed by atoms with Crippen molar-refractivity contribution in [1.29, 1.82) is 0 Å². The van der Waals surface area contributed by atoms with Gasteiger partial charge in [0.25, 0.3) is 0 Å². The normalized spacial score (nSPS) is 11.7. The molecule has 104 valence electrons. The maximum absolute atomic E-state index is 5.66. The molecule has 0 bridgehead atoms. The van der Waals surface area contributed by atoms with Crippen molar-refractivity contribution in [3.63, 3.8) is 0 Å². The van der Waals surface area contributed by atoms with Crippen LogP contribution < -0.4 is 11.1 Å². The molecule has 3 rings (SSSR count). The minimum atomic E-state index is -0.0849. The van der Waals surface area contributed by atoms with Crippen molar-refractivity contribution in [3.8, 4) is 11.8 Å². The average molecular weight is 309 g/mol. The van der Waals surface area contributed by atoms with Crippen LogP contribution in [-0.4, -0.2) is 22.6 Å². The second kappa shape index (κ2) is 6.09. The third kappa shape index (κ3) is 2.56. The summed E-state index contributed by atoms with van der Waals surface area (Å²) in [5, 5.41) is 4.02. The van der Waals surface area contributed by atoms with Crippen molar-refractivity contribution in [2.24, 2.45) is 5.73 Å². The maximum Gasteiger partial charge on any atom is 0.184 e. The highest BCUT2D eigenvalue weighted by molar-refractivity contribution is 7.22. The van der Waals surface area contributed by atoms with E-state index in [9.17, 15) is 0 Å². The van der Waals surface area contributed by atoms with Gasteiger partial charge < -0.3 is 15.5 Å². The standard InChI is InChI=1S/C13H12N4OS.ClH/c1-2-3-8(6-14)16-13-17-12-10(19-13)5-4-9-11(12)15-7-18-9;/h4-5,7-8H,6,14H2,1H3,(H,16,17);1H. The molecule has 2 heterocycles. The highest BCUT2D eigenvalue weighted by Crippen LogP contribution is 2.31. The zero-order valence-corrected chi connectivity index (χ0v) is 12.3. The summed E-state index contributed by atoms with van der Waals surface area (Å²) in [7, 11) is 0. The lowest BCUT2D eigenvalue weighted by Gasteiger charge is -2.07. The molecule has 0 fully saturated rings. The van der Waals surface area contributed by atoms with Crippen molar-refractivity contribution < 1.29 is 4.42 Å². The van der Waals surface area contributed by atoms with Crippen LogP contribution in [0.4, 0.5) is 5.13 Å². The van der Waals surface area contributed by atoms with Crippen molar-refractivity contribution in [3.05, 3.63) is 18.5 Å². The molecule has 0 aliphatic carbocycles. The minimum Gasteiger partial charge on any atom is -0.443 e. The van der Waals surface area contributed by atoms with E-state index in [1.165, 1.54) is 6.39 Å². The van der Waals surface area contributed by atoms with Crippen molar-refractivity contribution in [2.75, 3.05) is 11.9 Å². The van der Waals surface area contributed by atoms with E-state index in [-0.39, 0.29) is 18.4 Å². The number of hydrogen-bond acceptors (Lipinski definition) is 6. The van der Waals surface area contributed by atoms with Crippen LogP contribution in [0.2, 0.25) is 0 Å². The Labute approximate surface area is 126 Å². The first-order chi connectivity index (χ1) is 9.31. The zero-order valence-electron chi connectivity index (χ0n) is 10.7. The zero-order chi connectivity index (χ0) is 13.2. The fraction of sp³-hybridized carbons (Fsp3) is 0.231. The fourth-order valence-electron chi connectivity index (χ4n) is 1.86. The van der Waals surface area contributed by atoms with Crippen LogP contribution in [-0.2, 0) is 0 Å². The summed E-state index contributed by atoms with van der Waals surface area (Å²) in [4.78, 5) is 8.74. The molecule has 1 atom stereocenters. The van der Waals surface area contributed by atoms with Gasteiger partial charge in [0.05, 0.1) is 4.70 Å². The van der Waals surface area contributed by atoms with Gasteiger partial charge in [-0.05, 0) is 19.1 Å². The number of hydrogen-bond donors (Lipinski definition) is 2. The summed E-state index contributed by atoms with van der Waals surface area (Å²) in [5.74, 6) is 5.86. The molecular formula is C13H13ClN4OS. The van der Waals surface area contributed by atoms with E-state index in [1.807, 2.05) is 12.1 Å². The molecule has 5 nitrogen and oxygen atoms in total. The third-order valence-electron chi connectivity index (χ3n) is 2.71. The Balaban J connectivity index is 0.00000147. The van der Waals surface area contributed by atoms with E-state index in [4.69, 9.17) is 10.2 Å². The van der Waals surface area contributed by atoms with Crippen LogP contribution in [0.25, 0.3) is 21.3 Å². The largest absolute Gasteiger partial charge is 0.443 e. The topological polar surface area (TPSA) is 77.0 Å². The average Bonchev–Trinajstić information content (AvgIpc) is 3.02. The summed E-state index contributed by atoms with van der Waals surface area (Å²) >= 11 is 1.56. The number of nitrogens with one attached hydrogen (secondary N) is 1. The van der Waals surface area contributed by atoms with Gasteiger partial charge in [-0.2, -0.15) is 0 Å². The van der Waals surface area contributed by atoms with Crippen LogP contribution in [0.15, 0.2) is 22.9 Å². The Morgan fingerprint density at radius 1 is 1.45 bits per heavy atom. The highest BCUT2D eigenvalue weighted by atomic mass is 35.5. The molecule has 3 aromatic rings. The van der Waals surface area contributed by atoms with E-state index < -0.39 is 0 Å². The van der Waals surface area contributed by atoms with E-state index in [0.717, 1.165) is 26.4 Å². The lowest BCUT2D eigenvalue weighted by molar-refractivity contribution is 0.602. The van der Waals surface area contributed by atoms with Crippen LogP contribution in [0, 0.1) is 11.8 Å². The number of thiazole rings is 1. The van der Waals surface area contributed by atoms with Gasteiger partial charge in [-0.15, -0.1) is 18.3 Å². The first kappa shape index (κ1) is 14.6. The molecule has 0 aliphatic rings. The first-order valence-corrected chi connectivity index (χ1v) is 6.65. The molecule has 0 saturated heterocycles. The molecule has 2 aromatic heterocycles. The maximum atomic E-state index is 5.66. The number of oxazole rings is 1. The quantitative estimate of drug-likeness (QED) is 0.727.